The van der Waals surface area contributed by atoms with E-state index in [0.29, 0.717) is 16.5 Å². The number of anilines is 4. The van der Waals surface area contributed by atoms with Crippen LogP contribution in [0.1, 0.15) is 29.5 Å². The Morgan fingerprint density at radius 3 is 2.39 bits per heavy atom. The number of hydrogen-bond donors (Lipinski definition) is 2. The number of para-hydroxylation sites is 1. The number of aryl methyl sites for hydroxylation is 1. The number of thiazole rings is 1. The van der Waals surface area contributed by atoms with Crippen molar-refractivity contribution < 1.29 is 4.79 Å². The van der Waals surface area contributed by atoms with E-state index in [1.807, 2.05) is 61.5 Å². The van der Waals surface area contributed by atoms with Gasteiger partial charge in [0.1, 0.15) is 17.5 Å². The largest absolute Gasteiger partial charge is 0.357 e. The molecule has 4 aromatic rings. The Balaban J connectivity index is 1.45. The molecule has 0 aliphatic rings. The van der Waals surface area contributed by atoms with Crippen LogP contribution >= 0.6 is 11.3 Å². The number of rotatable bonds is 7. The molecule has 8 heteroatoms. The summed E-state index contributed by atoms with van der Waals surface area (Å²) >= 11 is 1.38. The summed E-state index contributed by atoms with van der Waals surface area (Å²) in [5.41, 5.74) is 2.42. The lowest BCUT2D eigenvalue weighted by atomic mass is 10.2. The summed E-state index contributed by atoms with van der Waals surface area (Å²) in [6.45, 7) is 7.87. The van der Waals surface area contributed by atoms with Crippen LogP contribution < -0.4 is 15.5 Å². The molecule has 0 radical (unpaired) electrons. The van der Waals surface area contributed by atoms with E-state index < -0.39 is 0 Å². The Morgan fingerprint density at radius 2 is 1.68 bits per heavy atom. The first-order valence-corrected chi connectivity index (χ1v) is 11.0. The molecule has 0 aliphatic heterocycles. The third kappa shape index (κ3) is 4.80. The predicted octanol–water partition coefficient (Wildman–Crippen LogP) is 5.24. The van der Waals surface area contributed by atoms with Gasteiger partial charge < -0.3 is 15.5 Å². The minimum absolute atomic E-state index is 0.211. The zero-order chi connectivity index (χ0) is 21.8. The quantitative estimate of drug-likeness (QED) is 0.416. The highest BCUT2D eigenvalue weighted by Gasteiger charge is 2.12. The summed E-state index contributed by atoms with van der Waals surface area (Å²) in [7, 11) is 0. The van der Waals surface area contributed by atoms with Gasteiger partial charge in [-0.2, -0.15) is 0 Å². The molecular weight excluding hydrogens is 408 g/mol. The summed E-state index contributed by atoms with van der Waals surface area (Å²) in [5.74, 6) is 2.14. The van der Waals surface area contributed by atoms with Crippen molar-refractivity contribution >= 4 is 50.5 Å². The van der Waals surface area contributed by atoms with E-state index in [4.69, 9.17) is 0 Å². The zero-order valence-electron chi connectivity index (χ0n) is 17.7. The first-order valence-electron chi connectivity index (χ1n) is 10.2. The number of carbonyl (C=O) groups excluding carboxylic acids is 1. The van der Waals surface area contributed by atoms with Gasteiger partial charge in [-0.1, -0.05) is 12.1 Å². The molecule has 7 nitrogen and oxygen atoms in total. The number of carbonyl (C=O) groups is 1. The molecule has 0 saturated heterocycles. The average molecular weight is 433 g/mol. The molecule has 2 aromatic heterocycles. The monoisotopic (exact) mass is 432 g/mol. The lowest BCUT2D eigenvalue weighted by Crippen LogP contribution is -2.23. The fourth-order valence-corrected chi connectivity index (χ4v) is 4.13. The summed E-state index contributed by atoms with van der Waals surface area (Å²) in [5, 5.41) is 6.67. The fourth-order valence-electron chi connectivity index (χ4n) is 3.26. The maximum Gasteiger partial charge on any atom is 0.284 e. The highest BCUT2D eigenvalue weighted by molar-refractivity contribution is 7.20. The number of fused-ring (bicyclic) bond motifs is 1. The smallest absolute Gasteiger partial charge is 0.284 e. The number of nitrogens with zero attached hydrogens (tertiary/aromatic N) is 4. The Hall–Kier alpha value is -3.52. The van der Waals surface area contributed by atoms with E-state index in [0.717, 1.165) is 40.6 Å². The third-order valence-corrected chi connectivity index (χ3v) is 5.85. The topological polar surface area (TPSA) is 83.0 Å². The molecule has 0 saturated carbocycles. The molecule has 2 heterocycles. The molecule has 2 aromatic carbocycles. The van der Waals surface area contributed by atoms with Crippen molar-refractivity contribution in [2.24, 2.45) is 0 Å². The molecule has 0 bridgehead atoms. The van der Waals surface area contributed by atoms with Crippen molar-refractivity contribution in [2.75, 3.05) is 28.6 Å². The Bertz CT molecular complexity index is 1170. The van der Waals surface area contributed by atoms with Crippen LogP contribution in [0.4, 0.5) is 23.0 Å². The van der Waals surface area contributed by atoms with Crippen molar-refractivity contribution in [3.05, 3.63) is 65.4 Å². The van der Waals surface area contributed by atoms with E-state index in [9.17, 15) is 4.79 Å². The number of amides is 1. The summed E-state index contributed by atoms with van der Waals surface area (Å²) < 4.78 is 0.997. The summed E-state index contributed by atoms with van der Waals surface area (Å²) in [6.07, 6.45) is 0. The lowest BCUT2D eigenvalue weighted by Gasteiger charge is -2.20. The van der Waals surface area contributed by atoms with E-state index in [1.165, 1.54) is 11.3 Å². The SMILES string of the molecule is CCN(CC)c1cc(Nc2ccc(NC(=O)c3nc4ccccc4s3)cc2)nc(C)n1. The van der Waals surface area contributed by atoms with Gasteiger partial charge in [-0.15, -0.1) is 11.3 Å². The molecule has 158 valence electrons. The zero-order valence-corrected chi connectivity index (χ0v) is 18.5. The van der Waals surface area contributed by atoms with Crippen molar-refractivity contribution in [2.45, 2.75) is 20.8 Å². The fraction of sp³-hybridized carbons (Fsp3) is 0.217. The molecule has 0 spiro atoms. The lowest BCUT2D eigenvalue weighted by molar-refractivity contribution is 0.102. The molecule has 31 heavy (non-hydrogen) atoms. The van der Waals surface area contributed by atoms with Gasteiger partial charge >= 0.3 is 0 Å². The van der Waals surface area contributed by atoms with Crippen LogP contribution in [0, 0.1) is 6.92 Å². The minimum atomic E-state index is -0.211. The molecular formula is C23H24N6OS. The first-order chi connectivity index (χ1) is 15.1. The molecule has 0 atom stereocenters. The number of hydrogen-bond acceptors (Lipinski definition) is 7. The van der Waals surface area contributed by atoms with Crippen LogP contribution in [0.2, 0.25) is 0 Å². The van der Waals surface area contributed by atoms with Gasteiger partial charge in [0.15, 0.2) is 5.01 Å². The summed E-state index contributed by atoms with van der Waals surface area (Å²) in [6, 6.07) is 17.2. The highest BCUT2D eigenvalue weighted by atomic mass is 32.1. The Labute approximate surface area is 185 Å². The highest BCUT2D eigenvalue weighted by Crippen LogP contribution is 2.24. The second-order valence-electron chi connectivity index (χ2n) is 6.97. The molecule has 0 unspecified atom stereocenters. The second kappa shape index (κ2) is 9.09. The van der Waals surface area contributed by atoms with Crippen molar-refractivity contribution in [3.8, 4) is 0 Å². The third-order valence-electron chi connectivity index (χ3n) is 4.82. The van der Waals surface area contributed by atoms with E-state index in [-0.39, 0.29) is 5.91 Å². The van der Waals surface area contributed by atoms with Gasteiger partial charge in [0.2, 0.25) is 0 Å². The van der Waals surface area contributed by atoms with Crippen LogP contribution in [0.3, 0.4) is 0 Å². The van der Waals surface area contributed by atoms with Crippen molar-refractivity contribution in [1.29, 1.82) is 0 Å². The van der Waals surface area contributed by atoms with Crippen LogP contribution in [-0.4, -0.2) is 33.9 Å². The Kier molecular flexibility index (Phi) is 6.08. The Morgan fingerprint density at radius 1 is 0.968 bits per heavy atom. The minimum Gasteiger partial charge on any atom is -0.357 e. The van der Waals surface area contributed by atoms with Crippen LogP contribution in [0.15, 0.2) is 54.6 Å². The van der Waals surface area contributed by atoms with Gasteiger partial charge in [0, 0.05) is 30.5 Å². The maximum absolute atomic E-state index is 12.6. The number of aromatic nitrogens is 3. The van der Waals surface area contributed by atoms with E-state index >= 15 is 0 Å². The maximum atomic E-state index is 12.6. The van der Waals surface area contributed by atoms with Crippen LogP contribution in [0.25, 0.3) is 10.2 Å². The van der Waals surface area contributed by atoms with Crippen molar-refractivity contribution in [3.63, 3.8) is 0 Å². The molecule has 0 fully saturated rings. The van der Waals surface area contributed by atoms with E-state index in [1.54, 1.807) is 0 Å². The predicted molar refractivity (Wildman–Crippen MR) is 128 cm³/mol. The standard InChI is InChI=1S/C23H24N6OS/c1-4-29(5-2)21-14-20(24-15(3)25-21)26-16-10-12-17(13-11-16)27-22(30)23-28-18-8-6-7-9-19(18)31-23/h6-14H,4-5H2,1-3H3,(H,27,30)(H,24,25,26). The van der Waals surface area contributed by atoms with Crippen LogP contribution in [0.5, 0.6) is 0 Å². The van der Waals surface area contributed by atoms with E-state index in [2.05, 4.69) is 44.3 Å². The van der Waals surface area contributed by atoms with Gasteiger partial charge in [-0.25, -0.2) is 15.0 Å². The molecule has 2 N–H and O–H groups in total. The van der Waals surface area contributed by atoms with Gasteiger partial charge in [0.25, 0.3) is 5.91 Å². The van der Waals surface area contributed by atoms with Gasteiger partial charge in [-0.05, 0) is 57.2 Å². The molecule has 4 rings (SSSR count). The average Bonchev–Trinajstić information content (AvgIpc) is 3.20. The van der Waals surface area contributed by atoms with Gasteiger partial charge in [-0.3, -0.25) is 4.79 Å². The molecule has 0 aliphatic carbocycles. The first kappa shape index (κ1) is 20.7. The molecule has 1 amide bonds. The number of benzene rings is 2. The van der Waals surface area contributed by atoms with Crippen molar-refractivity contribution in [1.82, 2.24) is 15.0 Å². The summed E-state index contributed by atoms with van der Waals surface area (Å²) in [4.78, 5) is 28.2. The normalized spacial score (nSPS) is 10.8. The second-order valence-corrected chi connectivity index (χ2v) is 8.00. The van der Waals surface area contributed by atoms with Crippen LogP contribution in [-0.2, 0) is 0 Å². The number of nitrogens with one attached hydrogen (secondary N) is 2. The van der Waals surface area contributed by atoms with Gasteiger partial charge in [0.05, 0.1) is 10.2 Å².